The third-order valence-corrected chi connectivity index (χ3v) is 4.19. The normalized spacial score (nSPS) is 10.5. The molecule has 0 fully saturated rings. The number of nitrogens with two attached hydrogens (primary N) is 1. The second-order valence-electron chi connectivity index (χ2n) is 4.31. The molecule has 0 bridgehead atoms. The van der Waals surface area contributed by atoms with Crippen LogP contribution in [0.2, 0.25) is 5.02 Å². The number of carbonyl (C=O) groups excluding carboxylic acids is 1. The molecule has 0 saturated heterocycles. The van der Waals surface area contributed by atoms with Crippen molar-refractivity contribution in [2.75, 3.05) is 18.5 Å². The van der Waals surface area contributed by atoms with Crippen molar-refractivity contribution < 1.29 is 9.21 Å². The van der Waals surface area contributed by atoms with E-state index >= 15 is 0 Å². The first-order valence-corrected chi connectivity index (χ1v) is 7.37. The minimum absolute atomic E-state index is 0.00453. The van der Waals surface area contributed by atoms with Gasteiger partial charge in [0.25, 0.3) is 0 Å². The summed E-state index contributed by atoms with van der Waals surface area (Å²) in [6.07, 6.45) is 1.59. The third kappa shape index (κ3) is 3.95. The van der Waals surface area contributed by atoms with Gasteiger partial charge in [0, 0.05) is 17.6 Å². The summed E-state index contributed by atoms with van der Waals surface area (Å²) < 4.78 is 5.21. The van der Waals surface area contributed by atoms with Crippen LogP contribution < -0.4 is 5.73 Å². The second kappa shape index (κ2) is 6.72. The van der Waals surface area contributed by atoms with Crippen LogP contribution in [-0.2, 0) is 11.3 Å². The van der Waals surface area contributed by atoms with Crippen molar-refractivity contribution in [1.29, 1.82) is 0 Å². The zero-order chi connectivity index (χ0) is 14.5. The van der Waals surface area contributed by atoms with Crippen molar-refractivity contribution >= 4 is 35.0 Å². The van der Waals surface area contributed by atoms with E-state index in [2.05, 4.69) is 0 Å². The lowest BCUT2D eigenvalue weighted by molar-refractivity contribution is -0.127. The zero-order valence-corrected chi connectivity index (χ0v) is 12.6. The van der Waals surface area contributed by atoms with Gasteiger partial charge in [-0.2, -0.15) is 0 Å². The van der Waals surface area contributed by atoms with E-state index in [-0.39, 0.29) is 5.91 Å². The lowest BCUT2D eigenvalue weighted by Gasteiger charge is -2.15. The topological polar surface area (TPSA) is 59.5 Å². The third-order valence-electron chi connectivity index (χ3n) is 2.71. The zero-order valence-electron chi connectivity index (χ0n) is 11.0. The van der Waals surface area contributed by atoms with Crippen LogP contribution in [0.5, 0.6) is 0 Å². The summed E-state index contributed by atoms with van der Waals surface area (Å²) in [5.74, 6) is 1.07. The summed E-state index contributed by atoms with van der Waals surface area (Å²) in [6, 6.07) is 8.88. The van der Waals surface area contributed by atoms with Crippen molar-refractivity contribution in [2.24, 2.45) is 0 Å². The number of furan rings is 1. The predicted octanol–water partition coefficient (Wildman–Crippen LogP) is 3.27. The van der Waals surface area contributed by atoms with Gasteiger partial charge in [0.1, 0.15) is 5.76 Å². The molecule has 0 aliphatic carbocycles. The number of benzene rings is 1. The maximum Gasteiger partial charge on any atom is 0.233 e. The fourth-order valence-corrected chi connectivity index (χ4v) is 2.81. The number of halogens is 1. The Morgan fingerprint density at radius 3 is 2.95 bits per heavy atom. The Morgan fingerprint density at radius 1 is 1.45 bits per heavy atom. The Kier molecular flexibility index (Phi) is 4.98. The molecule has 6 heteroatoms. The van der Waals surface area contributed by atoms with Crippen molar-refractivity contribution in [3.05, 3.63) is 47.4 Å². The van der Waals surface area contributed by atoms with Gasteiger partial charge in [0.15, 0.2) is 0 Å². The first kappa shape index (κ1) is 14.8. The molecule has 0 spiro atoms. The molecule has 0 unspecified atom stereocenters. The highest BCUT2D eigenvalue weighted by Crippen LogP contribution is 2.29. The van der Waals surface area contributed by atoms with E-state index in [0.29, 0.717) is 23.0 Å². The molecular formula is C14H15ClN2O2S. The molecule has 4 nitrogen and oxygen atoms in total. The summed E-state index contributed by atoms with van der Waals surface area (Å²) in [5.41, 5.74) is 6.34. The molecular weight excluding hydrogens is 296 g/mol. The summed E-state index contributed by atoms with van der Waals surface area (Å²) in [5, 5.41) is 0.602. The summed E-state index contributed by atoms with van der Waals surface area (Å²) in [4.78, 5) is 14.5. The number of hydrogen-bond donors (Lipinski definition) is 1. The number of thioether (sulfide) groups is 1. The predicted molar refractivity (Wildman–Crippen MR) is 81.8 cm³/mol. The lowest BCUT2D eigenvalue weighted by atomic mass is 10.3. The largest absolute Gasteiger partial charge is 0.467 e. The molecule has 1 heterocycles. The molecule has 1 aromatic heterocycles. The molecule has 1 aromatic carbocycles. The Bertz CT molecular complexity index is 587. The highest BCUT2D eigenvalue weighted by atomic mass is 35.5. The summed E-state index contributed by atoms with van der Waals surface area (Å²) >= 11 is 7.43. The van der Waals surface area contributed by atoms with Crippen molar-refractivity contribution in [3.8, 4) is 0 Å². The Balaban J connectivity index is 1.89. The average molecular weight is 311 g/mol. The van der Waals surface area contributed by atoms with Crippen LogP contribution in [0.15, 0.2) is 45.9 Å². The number of nitrogens with zero attached hydrogens (tertiary/aromatic N) is 1. The molecule has 20 heavy (non-hydrogen) atoms. The fraction of sp³-hybridized carbons (Fsp3) is 0.214. The maximum atomic E-state index is 12.0. The molecule has 0 aliphatic rings. The van der Waals surface area contributed by atoms with E-state index in [1.54, 1.807) is 42.5 Å². The molecule has 0 radical (unpaired) electrons. The smallest absolute Gasteiger partial charge is 0.233 e. The molecule has 106 valence electrons. The minimum atomic E-state index is 0.00453. The van der Waals surface area contributed by atoms with Crippen LogP contribution >= 0.6 is 23.4 Å². The summed E-state index contributed by atoms with van der Waals surface area (Å²) in [7, 11) is 1.74. The highest BCUT2D eigenvalue weighted by molar-refractivity contribution is 8.00. The first-order chi connectivity index (χ1) is 9.56. The van der Waals surface area contributed by atoms with Crippen LogP contribution in [0.4, 0.5) is 5.69 Å². The number of amides is 1. The average Bonchev–Trinajstić information content (AvgIpc) is 2.92. The van der Waals surface area contributed by atoms with E-state index in [1.807, 2.05) is 6.07 Å². The number of rotatable bonds is 5. The molecule has 2 rings (SSSR count). The van der Waals surface area contributed by atoms with Crippen molar-refractivity contribution in [1.82, 2.24) is 4.90 Å². The SMILES string of the molecule is CN(Cc1ccco1)C(=O)CSc1cc(N)ccc1Cl. The highest BCUT2D eigenvalue weighted by Gasteiger charge is 2.12. The number of anilines is 1. The van der Waals surface area contributed by atoms with Gasteiger partial charge in [0.05, 0.1) is 23.6 Å². The Labute approximate surface area is 126 Å². The van der Waals surface area contributed by atoms with E-state index < -0.39 is 0 Å². The summed E-state index contributed by atoms with van der Waals surface area (Å²) in [6.45, 7) is 0.455. The van der Waals surface area contributed by atoms with Crippen LogP contribution in [0, 0.1) is 0 Å². The van der Waals surface area contributed by atoms with Crippen LogP contribution in [-0.4, -0.2) is 23.6 Å². The van der Waals surface area contributed by atoms with Gasteiger partial charge in [-0.25, -0.2) is 0 Å². The van der Waals surface area contributed by atoms with E-state index in [1.165, 1.54) is 11.8 Å². The molecule has 0 saturated carbocycles. The van der Waals surface area contributed by atoms with E-state index in [4.69, 9.17) is 21.8 Å². The molecule has 2 N–H and O–H groups in total. The number of carbonyl (C=O) groups is 1. The molecule has 0 aliphatic heterocycles. The quantitative estimate of drug-likeness (QED) is 0.680. The fourth-order valence-electron chi connectivity index (χ4n) is 1.60. The number of hydrogen-bond acceptors (Lipinski definition) is 4. The Morgan fingerprint density at radius 2 is 2.25 bits per heavy atom. The number of nitrogen functional groups attached to an aromatic ring is 1. The van der Waals surface area contributed by atoms with Gasteiger partial charge in [0.2, 0.25) is 5.91 Å². The van der Waals surface area contributed by atoms with Gasteiger partial charge in [-0.05, 0) is 30.3 Å². The molecule has 1 amide bonds. The van der Waals surface area contributed by atoms with Gasteiger partial charge >= 0.3 is 0 Å². The minimum Gasteiger partial charge on any atom is -0.467 e. The second-order valence-corrected chi connectivity index (χ2v) is 5.73. The van der Waals surface area contributed by atoms with E-state index in [9.17, 15) is 4.79 Å². The van der Waals surface area contributed by atoms with Gasteiger partial charge < -0.3 is 15.1 Å². The Hall–Kier alpha value is -1.59. The molecule has 2 aromatic rings. The van der Waals surface area contributed by atoms with Gasteiger partial charge in [-0.1, -0.05) is 11.6 Å². The first-order valence-electron chi connectivity index (χ1n) is 6.00. The van der Waals surface area contributed by atoms with Crippen molar-refractivity contribution in [3.63, 3.8) is 0 Å². The van der Waals surface area contributed by atoms with Crippen LogP contribution in [0.1, 0.15) is 5.76 Å². The van der Waals surface area contributed by atoms with Crippen LogP contribution in [0.25, 0.3) is 0 Å². The standard InChI is InChI=1S/C14H15ClN2O2S/c1-17(8-11-3-2-6-19-11)14(18)9-20-13-7-10(16)4-5-12(13)15/h2-7H,8-9,16H2,1H3. The van der Waals surface area contributed by atoms with Gasteiger partial charge in [-0.3, -0.25) is 4.79 Å². The lowest BCUT2D eigenvalue weighted by Crippen LogP contribution is -2.27. The van der Waals surface area contributed by atoms with Crippen LogP contribution in [0.3, 0.4) is 0 Å². The van der Waals surface area contributed by atoms with Crippen molar-refractivity contribution in [2.45, 2.75) is 11.4 Å². The van der Waals surface area contributed by atoms with E-state index in [0.717, 1.165) is 10.7 Å². The maximum absolute atomic E-state index is 12.0. The monoisotopic (exact) mass is 310 g/mol. The van der Waals surface area contributed by atoms with Gasteiger partial charge in [-0.15, -0.1) is 11.8 Å². The molecule has 0 atom stereocenters.